The molecule has 0 bridgehead atoms. The number of hydrogen-bond acceptors (Lipinski definition) is 4. The van der Waals surface area contributed by atoms with Crippen molar-refractivity contribution in [3.8, 4) is 6.07 Å². The summed E-state index contributed by atoms with van der Waals surface area (Å²) in [7, 11) is 0. The predicted molar refractivity (Wildman–Crippen MR) is 68.7 cm³/mol. The van der Waals surface area contributed by atoms with Gasteiger partial charge in [0.05, 0.1) is 6.07 Å². The molecule has 2 N–H and O–H groups in total. The second kappa shape index (κ2) is 6.05. The minimum absolute atomic E-state index is 0.00270. The van der Waals surface area contributed by atoms with Gasteiger partial charge in [0, 0.05) is 25.6 Å². The van der Waals surface area contributed by atoms with Gasteiger partial charge < -0.3 is 15.4 Å². The van der Waals surface area contributed by atoms with Crippen LogP contribution in [0.25, 0.3) is 0 Å². The molecule has 1 aliphatic heterocycles. The largest absolute Gasteiger partial charge is 0.444 e. The highest BCUT2D eigenvalue weighted by Crippen LogP contribution is 2.21. The van der Waals surface area contributed by atoms with Gasteiger partial charge in [-0.3, -0.25) is 0 Å². The van der Waals surface area contributed by atoms with E-state index in [0.29, 0.717) is 19.5 Å². The van der Waals surface area contributed by atoms with E-state index in [2.05, 4.69) is 6.07 Å². The van der Waals surface area contributed by atoms with Crippen LogP contribution in [-0.4, -0.2) is 35.7 Å². The van der Waals surface area contributed by atoms with Crippen molar-refractivity contribution < 1.29 is 9.53 Å². The monoisotopic (exact) mass is 253 g/mol. The summed E-state index contributed by atoms with van der Waals surface area (Å²) in [6.45, 7) is 6.79. The number of nitriles is 1. The van der Waals surface area contributed by atoms with Crippen LogP contribution >= 0.6 is 0 Å². The molecule has 1 saturated heterocycles. The second-order valence-electron chi connectivity index (χ2n) is 5.83. The number of ether oxygens (including phenoxy) is 1. The molecule has 1 rings (SSSR count). The SMILES string of the molecule is CC(C)(C)OC(=O)N1CC[C@H](CC#N)[C@H](N)CC1. The van der Waals surface area contributed by atoms with Crippen molar-refractivity contribution in [2.24, 2.45) is 11.7 Å². The lowest BCUT2D eigenvalue weighted by molar-refractivity contribution is 0.0255. The van der Waals surface area contributed by atoms with Crippen LogP contribution in [-0.2, 0) is 4.74 Å². The molecule has 5 nitrogen and oxygen atoms in total. The van der Waals surface area contributed by atoms with Gasteiger partial charge >= 0.3 is 6.09 Å². The van der Waals surface area contributed by atoms with Gasteiger partial charge in [-0.05, 0) is 39.5 Å². The Morgan fingerprint density at radius 1 is 1.44 bits per heavy atom. The van der Waals surface area contributed by atoms with E-state index in [-0.39, 0.29) is 18.1 Å². The molecule has 102 valence electrons. The van der Waals surface area contributed by atoms with E-state index in [1.807, 2.05) is 20.8 Å². The van der Waals surface area contributed by atoms with Gasteiger partial charge in [0.15, 0.2) is 0 Å². The number of amides is 1. The summed E-state index contributed by atoms with van der Waals surface area (Å²) in [6, 6.07) is 2.16. The van der Waals surface area contributed by atoms with E-state index in [9.17, 15) is 4.79 Å². The van der Waals surface area contributed by atoms with E-state index in [0.717, 1.165) is 12.8 Å². The number of rotatable bonds is 1. The number of nitrogens with two attached hydrogens (primary N) is 1. The molecule has 1 fully saturated rings. The van der Waals surface area contributed by atoms with E-state index < -0.39 is 5.60 Å². The molecular formula is C13H23N3O2. The van der Waals surface area contributed by atoms with Crippen LogP contribution < -0.4 is 5.73 Å². The smallest absolute Gasteiger partial charge is 0.410 e. The van der Waals surface area contributed by atoms with Gasteiger partial charge in [0.1, 0.15) is 5.60 Å². The Morgan fingerprint density at radius 3 is 2.61 bits per heavy atom. The maximum Gasteiger partial charge on any atom is 0.410 e. The number of carbonyl (C=O) groups excluding carboxylic acids is 1. The molecular weight excluding hydrogens is 230 g/mol. The normalized spacial score (nSPS) is 25.2. The van der Waals surface area contributed by atoms with Crippen molar-refractivity contribution in [3.63, 3.8) is 0 Å². The van der Waals surface area contributed by atoms with E-state index in [4.69, 9.17) is 15.7 Å². The van der Waals surface area contributed by atoms with Crippen molar-refractivity contribution >= 4 is 6.09 Å². The fourth-order valence-electron chi connectivity index (χ4n) is 2.07. The molecule has 0 aliphatic carbocycles. The van der Waals surface area contributed by atoms with Crippen molar-refractivity contribution in [1.29, 1.82) is 5.26 Å². The molecule has 1 aliphatic rings. The Hall–Kier alpha value is -1.28. The Bertz CT molecular complexity index is 330. The zero-order valence-electron chi connectivity index (χ0n) is 11.5. The molecule has 18 heavy (non-hydrogen) atoms. The average molecular weight is 253 g/mol. The Labute approximate surface area is 109 Å². The highest BCUT2D eigenvalue weighted by atomic mass is 16.6. The summed E-state index contributed by atoms with van der Waals surface area (Å²) in [5, 5.41) is 8.75. The highest BCUT2D eigenvalue weighted by Gasteiger charge is 2.28. The van der Waals surface area contributed by atoms with Crippen LogP contribution in [0, 0.1) is 17.2 Å². The zero-order chi connectivity index (χ0) is 13.8. The first kappa shape index (κ1) is 14.8. The maximum atomic E-state index is 11.9. The summed E-state index contributed by atoms with van der Waals surface area (Å²) < 4.78 is 5.34. The average Bonchev–Trinajstić information content (AvgIpc) is 2.40. The minimum atomic E-state index is -0.475. The highest BCUT2D eigenvalue weighted by molar-refractivity contribution is 5.68. The molecule has 0 aromatic carbocycles. The lowest BCUT2D eigenvalue weighted by atomic mass is 9.93. The van der Waals surface area contributed by atoms with Gasteiger partial charge in [0.25, 0.3) is 0 Å². The molecule has 0 saturated carbocycles. The molecule has 2 atom stereocenters. The first-order valence-corrected chi connectivity index (χ1v) is 6.44. The Morgan fingerprint density at radius 2 is 2.06 bits per heavy atom. The second-order valence-corrected chi connectivity index (χ2v) is 5.83. The van der Waals surface area contributed by atoms with Crippen LogP contribution in [0.1, 0.15) is 40.0 Å². The molecule has 1 amide bonds. The summed E-state index contributed by atoms with van der Waals surface area (Å²) >= 11 is 0. The molecule has 0 spiro atoms. The molecule has 0 radical (unpaired) electrons. The molecule has 1 heterocycles. The first-order chi connectivity index (χ1) is 8.33. The van der Waals surface area contributed by atoms with Crippen LogP contribution in [0.5, 0.6) is 0 Å². The fourth-order valence-corrected chi connectivity index (χ4v) is 2.07. The van der Waals surface area contributed by atoms with Gasteiger partial charge in [-0.2, -0.15) is 5.26 Å². The topological polar surface area (TPSA) is 79.3 Å². The lowest BCUT2D eigenvalue weighted by Gasteiger charge is -2.26. The first-order valence-electron chi connectivity index (χ1n) is 6.44. The van der Waals surface area contributed by atoms with Crippen molar-refractivity contribution in [1.82, 2.24) is 4.90 Å². The number of hydrogen-bond donors (Lipinski definition) is 1. The minimum Gasteiger partial charge on any atom is -0.444 e. The van der Waals surface area contributed by atoms with Crippen molar-refractivity contribution in [2.45, 2.75) is 51.7 Å². The number of carbonyl (C=O) groups is 1. The third-order valence-electron chi connectivity index (χ3n) is 3.11. The standard InChI is InChI=1S/C13H23N3O2/c1-13(2,3)18-12(17)16-8-5-10(4-7-14)11(15)6-9-16/h10-11H,4-6,8-9,15H2,1-3H3/t10-,11+/m0/s1. The van der Waals surface area contributed by atoms with Crippen LogP contribution in [0.3, 0.4) is 0 Å². The molecule has 0 unspecified atom stereocenters. The molecule has 0 aromatic heterocycles. The van der Waals surface area contributed by atoms with Crippen molar-refractivity contribution in [2.75, 3.05) is 13.1 Å². The quantitative estimate of drug-likeness (QED) is 0.773. The Kier molecular flexibility index (Phi) is 4.97. The summed E-state index contributed by atoms with van der Waals surface area (Å²) in [5.41, 5.74) is 5.55. The predicted octanol–water partition coefficient (Wildman–Crippen LogP) is 1.87. The summed E-state index contributed by atoms with van der Waals surface area (Å²) in [6.07, 6.45) is 1.68. The van der Waals surface area contributed by atoms with Crippen LogP contribution in [0.2, 0.25) is 0 Å². The molecule has 5 heteroatoms. The Balaban J connectivity index is 2.56. The van der Waals surface area contributed by atoms with E-state index in [1.54, 1.807) is 4.90 Å². The van der Waals surface area contributed by atoms with Crippen molar-refractivity contribution in [3.05, 3.63) is 0 Å². The number of likely N-dealkylation sites (tertiary alicyclic amines) is 1. The third-order valence-corrected chi connectivity index (χ3v) is 3.11. The van der Waals surface area contributed by atoms with Crippen LogP contribution in [0.15, 0.2) is 0 Å². The summed E-state index contributed by atoms with van der Waals surface area (Å²) in [5.74, 6) is 0.183. The van der Waals surface area contributed by atoms with Gasteiger partial charge in [-0.15, -0.1) is 0 Å². The van der Waals surface area contributed by atoms with Gasteiger partial charge in [-0.1, -0.05) is 0 Å². The van der Waals surface area contributed by atoms with Crippen LogP contribution in [0.4, 0.5) is 4.79 Å². The van der Waals surface area contributed by atoms with Gasteiger partial charge in [-0.25, -0.2) is 4.79 Å². The zero-order valence-corrected chi connectivity index (χ0v) is 11.5. The summed E-state index contributed by atoms with van der Waals surface area (Å²) in [4.78, 5) is 13.6. The van der Waals surface area contributed by atoms with E-state index >= 15 is 0 Å². The third kappa shape index (κ3) is 4.53. The number of nitrogens with zero attached hydrogens (tertiary/aromatic N) is 2. The van der Waals surface area contributed by atoms with Gasteiger partial charge in [0.2, 0.25) is 0 Å². The van der Waals surface area contributed by atoms with E-state index in [1.165, 1.54) is 0 Å². The fraction of sp³-hybridized carbons (Fsp3) is 0.846. The lowest BCUT2D eigenvalue weighted by Crippen LogP contribution is -2.37. The maximum absolute atomic E-state index is 11.9. The molecule has 0 aromatic rings.